The lowest BCUT2D eigenvalue weighted by Crippen LogP contribution is -2.29. The Hall–Kier alpha value is -1.03. The molecule has 4 heteroatoms. The van der Waals surface area contributed by atoms with Crippen LogP contribution in [0.25, 0.3) is 0 Å². The van der Waals surface area contributed by atoms with E-state index in [9.17, 15) is 0 Å². The van der Waals surface area contributed by atoms with Gasteiger partial charge in [0.05, 0.1) is 0 Å². The zero-order valence-corrected chi connectivity index (χ0v) is 6.95. The molecule has 3 nitrogen and oxygen atoms in total. The van der Waals surface area contributed by atoms with E-state index in [1.54, 1.807) is 0 Å². The van der Waals surface area contributed by atoms with Gasteiger partial charge in [-0.3, -0.25) is 0 Å². The normalized spacial score (nSPS) is 16.7. The average molecular weight is 169 g/mol. The van der Waals surface area contributed by atoms with E-state index in [-0.39, 0.29) is 0 Å². The first-order valence-electron chi connectivity index (χ1n) is 3.40. The third-order valence-corrected chi connectivity index (χ3v) is 1.57. The van der Waals surface area contributed by atoms with E-state index in [0.717, 1.165) is 24.2 Å². The Labute approximate surface area is 71.1 Å². The van der Waals surface area contributed by atoms with Gasteiger partial charge in [-0.2, -0.15) is 0 Å². The molecule has 0 saturated heterocycles. The van der Waals surface area contributed by atoms with Gasteiger partial charge in [-0.1, -0.05) is 0 Å². The van der Waals surface area contributed by atoms with Gasteiger partial charge in [0.25, 0.3) is 0 Å². The van der Waals surface area contributed by atoms with E-state index < -0.39 is 0 Å². The van der Waals surface area contributed by atoms with Gasteiger partial charge in [0.2, 0.25) is 0 Å². The summed E-state index contributed by atoms with van der Waals surface area (Å²) in [5, 5.41) is 3.18. The molecule has 0 radical (unpaired) electrons. The number of allylic oxidation sites excluding steroid dienone is 4. The van der Waals surface area contributed by atoms with Crippen LogP contribution in [-0.4, -0.2) is 5.11 Å². The third-order valence-electron chi connectivity index (χ3n) is 1.47. The molecule has 11 heavy (non-hydrogen) atoms. The molecular formula is C7H11N3S. The fourth-order valence-corrected chi connectivity index (χ4v) is 1.05. The van der Waals surface area contributed by atoms with Crippen LogP contribution >= 0.6 is 12.2 Å². The molecule has 0 atom stereocenters. The van der Waals surface area contributed by atoms with Gasteiger partial charge in [-0.25, -0.2) is 0 Å². The van der Waals surface area contributed by atoms with Crippen molar-refractivity contribution in [1.82, 2.24) is 5.32 Å². The van der Waals surface area contributed by atoms with Crippen LogP contribution in [0.1, 0.15) is 12.8 Å². The molecule has 1 aliphatic carbocycles. The first kappa shape index (κ1) is 8.07. The van der Waals surface area contributed by atoms with Gasteiger partial charge < -0.3 is 16.8 Å². The van der Waals surface area contributed by atoms with Crippen molar-refractivity contribution >= 4 is 17.3 Å². The SMILES string of the molecule is NC(=S)NC1=CC=C(N)CC1. The molecule has 1 aliphatic rings. The number of rotatable bonds is 1. The molecule has 60 valence electrons. The second-order valence-corrected chi connectivity index (χ2v) is 2.86. The van der Waals surface area contributed by atoms with Crippen molar-refractivity contribution in [3.8, 4) is 0 Å². The highest BCUT2D eigenvalue weighted by Crippen LogP contribution is 2.11. The average Bonchev–Trinajstić information content (AvgIpc) is 1.93. The molecule has 0 heterocycles. The highest BCUT2D eigenvalue weighted by Gasteiger charge is 2.02. The molecule has 1 rings (SSSR count). The number of hydrogen-bond donors (Lipinski definition) is 3. The molecule has 0 aromatic carbocycles. The highest BCUT2D eigenvalue weighted by molar-refractivity contribution is 7.80. The molecule has 0 fully saturated rings. The quantitative estimate of drug-likeness (QED) is 0.495. The van der Waals surface area contributed by atoms with Crippen molar-refractivity contribution in [2.45, 2.75) is 12.8 Å². The van der Waals surface area contributed by atoms with E-state index in [2.05, 4.69) is 17.5 Å². The van der Waals surface area contributed by atoms with Crippen LogP contribution in [0, 0.1) is 0 Å². The molecule has 0 unspecified atom stereocenters. The highest BCUT2D eigenvalue weighted by atomic mass is 32.1. The molecule has 0 aliphatic heterocycles. The summed E-state index contributed by atoms with van der Waals surface area (Å²) in [6.07, 6.45) is 5.53. The zero-order chi connectivity index (χ0) is 8.27. The molecule has 0 aromatic rings. The summed E-state index contributed by atoms with van der Waals surface area (Å²) in [7, 11) is 0. The van der Waals surface area contributed by atoms with E-state index in [4.69, 9.17) is 11.5 Å². The number of thiocarbonyl (C=S) groups is 1. The first-order valence-corrected chi connectivity index (χ1v) is 3.81. The first-order chi connectivity index (χ1) is 5.18. The maximum atomic E-state index is 5.55. The molecular weight excluding hydrogens is 158 g/mol. The number of nitrogens with one attached hydrogen (secondary N) is 1. The molecule has 0 amide bonds. The number of nitrogens with two attached hydrogens (primary N) is 2. The standard InChI is InChI=1S/C7H11N3S/c8-5-1-3-6(4-2-5)10-7(9)11/h1,3H,2,4,8H2,(H3,9,10,11). The fourth-order valence-electron chi connectivity index (χ4n) is 0.916. The summed E-state index contributed by atoms with van der Waals surface area (Å²) in [5.74, 6) is 0. The van der Waals surface area contributed by atoms with E-state index >= 15 is 0 Å². The van der Waals surface area contributed by atoms with E-state index in [1.807, 2.05) is 12.2 Å². The van der Waals surface area contributed by atoms with Crippen LogP contribution in [0.15, 0.2) is 23.5 Å². The monoisotopic (exact) mass is 169 g/mol. The summed E-state index contributed by atoms with van der Waals surface area (Å²) in [6.45, 7) is 0. The van der Waals surface area contributed by atoms with Crippen LogP contribution in [0.3, 0.4) is 0 Å². The Bertz CT molecular complexity index is 230. The predicted molar refractivity (Wildman–Crippen MR) is 49.5 cm³/mol. The lowest BCUT2D eigenvalue weighted by molar-refractivity contribution is 0.846. The summed E-state index contributed by atoms with van der Waals surface area (Å²) in [6, 6.07) is 0. The van der Waals surface area contributed by atoms with Crippen molar-refractivity contribution in [2.24, 2.45) is 11.5 Å². The third kappa shape index (κ3) is 2.59. The van der Waals surface area contributed by atoms with Crippen LogP contribution in [0.5, 0.6) is 0 Å². The van der Waals surface area contributed by atoms with Crippen molar-refractivity contribution in [2.75, 3.05) is 0 Å². The zero-order valence-electron chi connectivity index (χ0n) is 6.13. The minimum Gasteiger partial charge on any atom is -0.402 e. The second-order valence-electron chi connectivity index (χ2n) is 2.42. The van der Waals surface area contributed by atoms with Crippen LogP contribution in [0.2, 0.25) is 0 Å². The molecule has 0 aromatic heterocycles. The Balaban J connectivity index is 2.54. The van der Waals surface area contributed by atoms with E-state index in [1.165, 1.54) is 0 Å². The van der Waals surface area contributed by atoms with Crippen molar-refractivity contribution in [3.05, 3.63) is 23.5 Å². The van der Waals surface area contributed by atoms with Crippen molar-refractivity contribution in [3.63, 3.8) is 0 Å². The number of hydrogen-bond acceptors (Lipinski definition) is 2. The summed E-state index contributed by atoms with van der Waals surface area (Å²) in [4.78, 5) is 0. The lowest BCUT2D eigenvalue weighted by Gasteiger charge is -2.12. The molecule has 5 N–H and O–H groups in total. The van der Waals surface area contributed by atoms with Crippen molar-refractivity contribution in [1.29, 1.82) is 0 Å². The predicted octanol–water partition coefficient (Wildman–Crippen LogP) is 0.340. The summed E-state index contributed by atoms with van der Waals surface area (Å²) < 4.78 is 0. The van der Waals surface area contributed by atoms with Gasteiger partial charge in [-0.15, -0.1) is 0 Å². The Kier molecular flexibility index (Phi) is 2.48. The smallest absolute Gasteiger partial charge is 0.167 e. The maximum absolute atomic E-state index is 5.55. The maximum Gasteiger partial charge on any atom is 0.167 e. The Morgan fingerprint density at radius 1 is 1.45 bits per heavy atom. The van der Waals surface area contributed by atoms with E-state index in [0.29, 0.717) is 5.11 Å². The largest absolute Gasteiger partial charge is 0.402 e. The Morgan fingerprint density at radius 2 is 2.18 bits per heavy atom. The van der Waals surface area contributed by atoms with Gasteiger partial charge in [-0.05, 0) is 37.2 Å². The fraction of sp³-hybridized carbons (Fsp3) is 0.286. The Morgan fingerprint density at radius 3 is 2.64 bits per heavy atom. The van der Waals surface area contributed by atoms with Gasteiger partial charge in [0, 0.05) is 11.4 Å². The topological polar surface area (TPSA) is 64.1 Å². The van der Waals surface area contributed by atoms with Gasteiger partial charge in [0.1, 0.15) is 0 Å². The summed E-state index contributed by atoms with van der Waals surface area (Å²) in [5.41, 5.74) is 12.8. The van der Waals surface area contributed by atoms with Crippen molar-refractivity contribution < 1.29 is 0 Å². The second kappa shape index (κ2) is 3.39. The van der Waals surface area contributed by atoms with Gasteiger partial charge >= 0.3 is 0 Å². The van der Waals surface area contributed by atoms with Crippen LogP contribution in [-0.2, 0) is 0 Å². The van der Waals surface area contributed by atoms with Crippen LogP contribution < -0.4 is 16.8 Å². The summed E-state index contributed by atoms with van der Waals surface area (Å²) >= 11 is 4.68. The molecule has 0 saturated carbocycles. The minimum absolute atomic E-state index is 0.310. The molecule has 0 bridgehead atoms. The lowest BCUT2D eigenvalue weighted by atomic mass is 10.1. The minimum atomic E-state index is 0.310. The molecule has 0 spiro atoms. The van der Waals surface area contributed by atoms with Crippen LogP contribution in [0.4, 0.5) is 0 Å². The van der Waals surface area contributed by atoms with Gasteiger partial charge in [0.15, 0.2) is 5.11 Å².